The number of halogens is 1. The summed E-state index contributed by atoms with van der Waals surface area (Å²) in [4.78, 5) is 0. The van der Waals surface area contributed by atoms with Gasteiger partial charge in [0.2, 0.25) is 0 Å². The predicted octanol–water partition coefficient (Wildman–Crippen LogP) is 4.16. The molecule has 0 bridgehead atoms. The summed E-state index contributed by atoms with van der Waals surface area (Å²) in [6, 6.07) is 5.97. The SMILES string of the molecule is COc1ccc(Br)c(COCCC2CCC2)c1. The normalized spacial score (nSPS) is 15.6. The molecule has 1 aliphatic rings. The van der Waals surface area contributed by atoms with E-state index in [1.165, 1.54) is 25.7 Å². The fourth-order valence-corrected chi connectivity index (χ4v) is 2.36. The van der Waals surface area contributed by atoms with Gasteiger partial charge in [-0.25, -0.2) is 0 Å². The van der Waals surface area contributed by atoms with Crippen LogP contribution in [0.25, 0.3) is 0 Å². The lowest BCUT2D eigenvalue weighted by Crippen LogP contribution is -2.13. The van der Waals surface area contributed by atoms with E-state index in [1.54, 1.807) is 7.11 Å². The molecule has 0 radical (unpaired) electrons. The Kier molecular flexibility index (Phi) is 4.86. The van der Waals surface area contributed by atoms with Crippen molar-refractivity contribution >= 4 is 15.9 Å². The minimum Gasteiger partial charge on any atom is -0.497 e. The van der Waals surface area contributed by atoms with Gasteiger partial charge in [0.05, 0.1) is 13.7 Å². The maximum absolute atomic E-state index is 5.72. The first-order valence-electron chi connectivity index (χ1n) is 6.20. The molecule has 0 saturated heterocycles. The van der Waals surface area contributed by atoms with Crippen molar-refractivity contribution in [2.45, 2.75) is 32.3 Å². The van der Waals surface area contributed by atoms with E-state index >= 15 is 0 Å². The lowest BCUT2D eigenvalue weighted by Gasteiger charge is -2.24. The molecule has 1 aliphatic carbocycles. The van der Waals surface area contributed by atoms with Crippen LogP contribution < -0.4 is 4.74 Å². The molecule has 1 aromatic carbocycles. The maximum atomic E-state index is 5.72. The van der Waals surface area contributed by atoms with Crippen LogP contribution in [0.3, 0.4) is 0 Å². The van der Waals surface area contributed by atoms with Crippen LogP contribution in [0.2, 0.25) is 0 Å². The zero-order chi connectivity index (χ0) is 12.1. The average molecular weight is 299 g/mol. The number of benzene rings is 1. The smallest absolute Gasteiger partial charge is 0.119 e. The zero-order valence-corrected chi connectivity index (χ0v) is 11.8. The van der Waals surface area contributed by atoms with Crippen molar-refractivity contribution < 1.29 is 9.47 Å². The van der Waals surface area contributed by atoms with Gasteiger partial charge in [0.1, 0.15) is 5.75 Å². The summed E-state index contributed by atoms with van der Waals surface area (Å²) in [7, 11) is 1.68. The second-order valence-electron chi connectivity index (χ2n) is 4.60. The van der Waals surface area contributed by atoms with Gasteiger partial charge < -0.3 is 9.47 Å². The largest absolute Gasteiger partial charge is 0.497 e. The first-order valence-corrected chi connectivity index (χ1v) is 6.99. The topological polar surface area (TPSA) is 18.5 Å². The van der Waals surface area contributed by atoms with Crippen LogP contribution in [-0.4, -0.2) is 13.7 Å². The standard InChI is InChI=1S/C14H19BrO2/c1-16-13-5-6-14(15)12(9-13)10-17-8-7-11-3-2-4-11/h5-6,9,11H,2-4,7-8,10H2,1H3. The molecule has 1 saturated carbocycles. The third kappa shape index (κ3) is 3.71. The van der Waals surface area contributed by atoms with Crippen molar-refractivity contribution in [1.82, 2.24) is 0 Å². The third-order valence-electron chi connectivity index (χ3n) is 3.41. The average Bonchev–Trinajstić information content (AvgIpc) is 2.28. The van der Waals surface area contributed by atoms with Crippen LogP contribution in [0.4, 0.5) is 0 Å². The van der Waals surface area contributed by atoms with Crippen LogP contribution in [0.5, 0.6) is 5.75 Å². The summed E-state index contributed by atoms with van der Waals surface area (Å²) >= 11 is 3.53. The van der Waals surface area contributed by atoms with Gasteiger partial charge >= 0.3 is 0 Å². The Morgan fingerprint density at radius 1 is 1.35 bits per heavy atom. The van der Waals surface area contributed by atoms with E-state index in [1.807, 2.05) is 18.2 Å². The predicted molar refractivity (Wildman–Crippen MR) is 72.3 cm³/mol. The van der Waals surface area contributed by atoms with Crippen LogP contribution in [-0.2, 0) is 11.3 Å². The molecule has 0 amide bonds. The molecule has 0 aromatic heterocycles. The number of hydrogen-bond acceptors (Lipinski definition) is 2. The first-order chi connectivity index (χ1) is 8.29. The molecule has 0 atom stereocenters. The molecular weight excluding hydrogens is 280 g/mol. The van der Waals surface area contributed by atoms with Gasteiger partial charge in [-0.05, 0) is 36.1 Å². The second kappa shape index (κ2) is 6.41. The van der Waals surface area contributed by atoms with Crippen molar-refractivity contribution in [3.63, 3.8) is 0 Å². The molecule has 17 heavy (non-hydrogen) atoms. The highest BCUT2D eigenvalue weighted by Crippen LogP contribution is 2.29. The summed E-state index contributed by atoms with van der Waals surface area (Å²) in [5.74, 6) is 1.80. The third-order valence-corrected chi connectivity index (χ3v) is 4.18. The fraction of sp³-hybridized carbons (Fsp3) is 0.571. The van der Waals surface area contributed by atoms with Crippen LogP contribution in [0.15, 0.2) is 22.7 Å². The molecule has 2 nitrogen and oxygen atoms in total. The molecular formula is C14H19BrO2. The Bertz CT molecular complexity index is 361. The molecule has 2 rings (SSSR count). The van der Waals surface area contributed by atoms with E-state index in [9.17, 15) is 0 Å². The van der Waals surface area contributed by atoms with Crippen LogP contribution in [0.1, 0.15) is 31.2 Å². The quantitative estimate of drug-likeness (QED) is 0.734. The van der Waals surface area contributed by atoms with Gasteiger partial charge in [0, 0.05) is 11.1 Å². The van der Waals surface area contributed by atoms with E-state index < -0.39 is 0 Å². The van der Waals surface area contributed by atoms with E-state index in [0.717, 1.165) is 28.3 Å². The number of hydrogen-bond donors (Lipinski definition) is 0. The van der Waals surface area contributed by atoms with Gasteiger partial charge in [-0.2, -0.15) is 0 Å². The summed E-state index contributed by atoms with van der Waals surface area (Å²) in [5, 5.41) is 0. The van der Waals surface area contributed by atoms with E-state index in [-0.39, 0.29) is 0 Å². The Balaban J connectivity index is 1.76. The van der Waals surface area contributed by atoms with Crippen molar-refractivity contribution in [3.05, 3.63) is 28.2 Å². The molecule has 1 aromatic rings. The molecule has 0 spiro atoms. The van der Waals surface area contributed by atoms with Gasteiger partial charge in [-0.1, -0.05) is 35.2 Å². The summed E-state index contributed by atoms with van der Waals surface area (Å²) < 4.78 is 12.0. The number of ether oxygens (including phenoxy) is 2. The van der Waals surface area contributed by atoms with Gasteiger partial charge in [-0.3, -0.25) is 0 Å². The Hall–Kier alpha value is -0.540. The highest BCUT2D eigenvalue weighted by molar-refractivity contribution is 9.10. The van der Waals surface area contributed by atoms with E-state index in [0.29, 0.717) is 6.61 Å². The molecule has 94 valence electrons. The summed E-state index contributed by atoms with van der Waals surface area (Å²) in [6.07, 6.45) is 5.41. The lowest BCUT2D eigenvalue weighted by molar-refractivity contribution is 0.0945. The molecule has 3 heteroatoms. The molecule has 0 aliphatic heterocycles. The highest BCUT2D eigenvalue weighted by Gasteiger charge is 2.16. The number of rotatable bonds is 6. The highest BCUT2D eigenvalue weighted by atomic mass is 79.9. The Morgan fingerprint density at radius 3 is 2.82 bits per heavy atom. The minimum atomic E-state index is 0.657. The van der Waals surface area contributed by atoms with E-state index in [4.69, 9.17) is 9.47 Å². The Morgan fingerprint density at radius 2 is 2.18 bits per heavy atom. The maximum Gasteiger partial charge on any atom is 0.119 e. The lowest BCUT2D eigenvalue weighted by atomic mass is 9.83. The molecule has 0 heterocycles. The summed E-state index contributed by atoms with van der Waals surface area (Å²) in [6.45, 7) is 1.53. The monoisotopic (exact) mass is 298 g/mol. The fourth-order valence-electron chi connectivity index (χ4n) is 2.00. The van der Waals surface area contributed by atoms with Crippen molar-refractivity contribution in [2.24, 2.45) is 5.92 Å². The van der Waals surface area contributed by atoms with Crippen molar-refractivity contribution in [2.75, 3.05) is 13.7 Å². The first kappa shape index (κ1) is 12.9. The molecule has 0 N–H and O–H groups in total. The van der Waals surface area contributed by atoms with E-state index in [2.05, 4.69) is 15.9 Å². The summed E-state index contributed by atoms with van der Waals surface area (Å²) in [5.41, 5.74) is 1.15. The molecule has 1 fully saturated rings. The number of methoxy groups -OCH3 is 1. The second-order valence-corrected chi connectivity index (χ2v) is 5.45. The van der Waals surface area contributed by atoms with Crippen LogP contribution >= 0.6 is 15.9 Å². The van der Waals surface area contributed by atoms with Gasteiger partial charge in [-0.15, -0.1) is 0 Å². The van der Waals surface area contributed by atoms with Crippen molar-refractivity contribution in [1.29, 1.82) is 0 Å². The van der Waals surface area contributed by atoms with Gasteiger partial charge in [0.25, 0.3) is 0 Å². The Labute approximate surface area is 111 Å². The van der Waals surface area contributed by atoms with Crippen molar-refractivity contribution in [3.8, 4) is 5.75 Å². The minimum absolute atomic E-state index is 0.657. The zero-order valence-electron chi connectivity index (χ0n) is 10.2. The van der Waals surface area contributed by atoms with Gasteiger partial charge in [0.15, 0.2) is 0 Å². The van der Waals surface area contributed by atoms with Crippen LogP contribution in [0, 0.1) is 5.92 Å². The molecule has 0 unspecified atom stereocenters.